The molecule has 1 rings (SSSR count). The van der Waals surface area contributed by atoms with Crippen LogP contribution in [0, 0.1) is 0 Å². The molecule has 1 nitrogen and oxygen atoms in total. The van der Waals surface area contributed by atoms with Crippen LogP contribution in [-0.2, 0) is 0 Å². The van der Waals surface area contributed by atoms with E-state index >= 15 is 0 Å². The smallest absolute Gasteiger partial charge is 0.406 e. The number of alkyl halides is 3. The number of thiol groups is 1. The van der Waals surface area contributed by atoms with Crippen molar-refractivity contribution in [2.75, 3.05) is 0 Å². The maximum absolute atomic E-state index is 11.7. The van der Waals surface area contributed by atoms with Crippen LogP contribution in [0.4, 0.5) is 13.2 Å². The monoisotopic (exact) mass is 272 g/mol. The number of hydrogen-bond donors (Lipinski definition) is 1. The van der Waals surface area contributed by atoms with Crippen LogP contribution in [0.5, 0.6) is 5.75 Å². The summed E-state index contributed by atoms with van der Waals surface area (Å²) in [6.07, 6.45) is -4.66. The van der Waals surface area contributed by atoms with Gasteiger partial charge in [-0.05, 0) is 34.1 Å². The number of rotatable bonds is 1. The zero-order chi connectivity index (χ0) is 10.1. The Kier molecular flexibility index (Phi) is 3.13. The fraction of sp³-hybridized carbons (Fsp3) is 0.143. The Hall–Kier alpha value is -0.360. The quantitative estimate of drug-likeness (QED) is 0.768. The van der Waals surface area contributed by atoms with E-state index < -0.39 is 6.36 Å². The molecule has 6 heteroatoms. The van der Waals surface area contributed by atoms with Gasteiger partial charge in [-0.15, -0.1) is 25.8 Å². The molecule has 0 unspecified atom stereocenters. The van der Waals surface area contributed by atoms with Gasteiger partial charge in [0, 0.05) is 9.37 Å². The predicted octanol–water partition coefficient (Wildman–Crippen LogP) is 3.64. The van der Waals surface area contributed by atoms with E-state index in [0.29, 0.717) is 9.37 Å². The Morgan fingerprint density at radius 3 is 2.38 bits per heavy atom. The molecule has 0 aliphatic heterocycles. The third kappa shape index (κ3) is 3.48. The molecule has 72 valence electrons. The molecular formula is C7H4BrF3OS. The molecule has 0 amide bonds. The SMILES string of the molecule is FC(F)(F)Oc1ccc(S)c(Br)c1. The second-order valence-corrected chi connectivity index (χ2v) is 3.50. The first kappa shape index (κ1) is 10.7. The van der Waals surface area contributed by atoms with E-state index in [1.54, 1.807) is 0 Å². The molecule has 13 heavy (non-hydrogen) atoms. The molecule has 0 bridgehead atoms. The summed E-state index contributed by atoms with van der Waals surface area (Å²) in [5.74, 6) is -0.267. The average Bonchev–Trinajstić information content (AvgIpc) is 1.94. The van der Waals surface area contributed by atoms with Gasteiger partial charge in [0.15, 0.2) is 0 Å². The van der Waals surface area contributed by atoms with E-state index in [1.165, 1.54) is 18.2 Å². The van der Waals surface area contributed by atoms with Crippen LogP contribution in [0.15, 0.2) is 27.6 Å². The van der Waals surface area contributed by atoms with Crippen LogP contribution in [0.1, 0.15) is 0 Å². The molecule has 0 fully saturated rings. The standard InChI is InChI=1S/C7H4BrF3OS/c8-5-3-4(1-2-6(5)13)12-7(9,10)11/h1-3,13H. The van der Waals surface area contributed by atoms with Gasteiger partial charge in [0.05, 0.1) is 0 Å². The Morgan fingerprint density at radius 2 is 1.92 bits per heavy atom. The Morgan fingerprint density at radius 1 is 1.31 bits per heavy atom. The summed E-state index contributed by atoms with van der Waals surface area (Å²) in [7, 11) is 0. The summed E-state index contributed by atoms with van der Waals surface area (Å²) >= 11 is 7.00. The first-order valence-electron chi connectivity index (χ1n) is 3.13. The maximum atomic E-state index is 11.7. The van der Waals surface area contributed by atoms with Crippen LogP contribution in [0.2, 0.25) is 0 Å². The van der Waals surface area contributed by atoms with Crippen LogP contribution in [-0.4, -0.2) is 6.36 Å². The topological polar surface area (TPSA) is 9.23 Å². The lowest BCUT2D eigenvalue weighted by atomic mass is 10.3. The Bertz CT molecular complexity index is 313. The minimum atomic E-state index is -4.66. The summed E-state index contributed by atoms with van der Waals surface area (Å²) in [5, 5.41) is 0. The predicted molar refractivity (Wildman–Crippen MR) is 48.1 cm³/mol. The van der Waals surface area contributed by atoms with E-state index in [9.17, 15) is 13.2 Å². The number of hydrogen-bond acceptors (Lipinski definition) is 2. The van der Waals surface area contributed by atoms with E-state index in [0.717, 1.165) is 0 Å². The van der Waals surface area contributed by atoms with Gasteiger partial charge in [0.25, 0.3) is 0 Å². The van der Waals surface area contributed by atoms with Crippen molar-refractivity contribution in [3.05, 3.63) is 22.7 Å². The third-order valence-corrected chi connectivity index (χ3v) is 2.51. The van der Waals surface area contributed by atoms with Crippen molar-refractivity contribution in [2.24, 2.45) is 0 Å². The van der Waals surface area contributed by atoms with Gasteiger partial charge in [0.2, 0.25) is 0 Å². The van der Waals surface area contributed by atoms with Gasteiger partial charge >= 0.3 is 6.36 Å². The molecule has 0 atom stereocenters. The average molecular weight is 273 g/mol. The van der Waals surface area contributed by atoms with Crippen LogP contribution in [0.3, 0.4) is 0 Å². The van der Waals surface area contributed by atoms with Crippen molar-refractivity contribution in [3.63, 3.8) is 0 Å². The molecule has 0 aliphatic rings. The Labute approximate surface area is 86.4 Å². The van der Waals surface area contributed by atoms with E-state index in [-0.39, 0.29) is 5.75 Å². The molecule has 0 saturated carbocycles. The number of halogens is 4. The first-order chi connectivity index (χ1) is 5.88. The van der Waals surface area contributed by atoms with Crippen molar-refractivity contribution in [1.82, 2.24) is 0 Å². The molecule has 0 aromatic heterocycles. The minimum absolute atomic E-state index is 0.267. The molecule has 0 N–H and O–H groups in total. The second-order valence-electron chi connectivity index (χ2n) is 2.16. The lowest BCUT2D eigenvalue weighted by Crippen LogP contribution is -2.17. The highest BCUT2D eigenvalue weighted by Gasteiger charge is 2.31. The second kappa shape index (κ2) is 3.79. The fourth-order valence-corrected chi connectivity index (χ4v) is 1.18. The zero-order valence-corrected chi connectivity index (χ0v) is 8.58. The van der Waals surface area contributed by atoms with Gasteiger partial charge < -0.3 is 4.74 Å². The molecule has 0 heterocycles. The van der Waals surface area contributed by atoms with Crippen molar-refractivity contribution >= 4 is 28.6 Å². The summed E-state index contributed by atoms with van der Waals surface area (Å²) in [6.45, 7) is 0. The minimum Gasteiger partial charge on any atom is -0.406 e. The van der Waals surface area contributed by atoms with Gasteiger partial charge in [0.1, 0.15) is 5.75 Å². The zero-order valence-electron chi connectivity index (χ0n) is 6.10. The molecule has 0 aliphatic carbocycles. The summed E-state index contributed by atoms with van der Waals surface area (Å²) in [5.41, 5.74) is 0. The third-order valence-electron chi connectivity index (χ3n) is 1.15. The molecule has 1 aromatic carbocycles. The highest BCUT2D eigenvalue weighted by atomic mass is 79.9. The van der Waals surface area contributed by atoms with Crippen LogP contribution in [0.25, 0.3) is 0 Å². The molecular weight excluding hydrogens is 269 g/mol. The Balaban J connectivity index is 2.86. The van der Waals surface area contributed by atoms with Gasteiger partial charge in [-0.25, -0.2) is 0 Å². The molecule has 1 aromatic rings. The fourth-order valence-electron chi connectivity index (χ4n) is 0.685. The van der Waals surface area contributed by atoms with Gasteiger partial charge in [-0.3, -0.25) is 0 Å². The van der Waals surface area contributed by atoms with Crippen molar-refractivity contribution in [2.45, 2.75) is 11.3 Å². The van der Waals surface area contributed by atoms with E-state index in [1.807, 2.05) is 0 Å². The first-order valence-corrected chi connectivity index (χ1v) is 4.37. The van der Waals surface area contributed by atoms with Gasteiger partial charge in [-0.2, -0.15) is 0 Å². The summed E-state index contributed by atoms with van der Waals surface area (Å²) in [4.78, 5) is 0.550. The highest BCUT2D eigenvalue weighted by Crippen LogP contribution is 2.29. The maximum Gasteiger partial charge on any atom is 0.573 e. The normalized spacial score (nSPS) is 11.5. The van der Waals surface area contributed by atoms with Crippen molar-refractivity contribution in [1.29, 1.82) is 0 Å². The summed E-state index contributed by atoms with van der Waals surface area (Å²) < 4.78 is 39.3. The van der Waals surface area contributed by atoms with Crippen LogP contribution < -0.4 is 4.74 Å². The summed E-state index contributed by atoms with van der Waals surface area (Å²) in [6, 6.07) is 3.81. The van der Waals surface area contributed by atoms with Gasteiger partial charge in [-0.1, -0.05) is 0 Å². The van der Waals surface area contributed by atoms with Crippen molar-refractivity contribution in [3.8, 4) is 5.75 Å². The number of benzene rings is 1. The molecule has 0 saturated heterocycles. The van der Waals surface area contributed by atoms with E-state index in [2.05, 4.69) is 33.3 Å². The van der Waals surface area contributed by atoms with Crippen LogP contribution >= 0.6 is 28.6 Å². The lowest BCUT2D eigenvalue weighted by molar-refractivity contribution is -0.274. The molecule has 0 radical (unpaired) electrons. The molecule has 0 spiro atoms. The van der Waals surface area contributed by atoms with E-state index in [4.69, 9.17) is 0 Å². The lowest BCUT2D eigenvalue weighted by Gasteiger charge is -2.09. The number of ether oxygens (including phenoxy) is 1. The largest absolute Gasteiger partial charge is 0.573 e. The highest BCUT2D eigenvalue weighted by molar-refractivity contribution is 9.10. The van der Waals surface area contributed by atoms with Crippen molar-refractivity contribution < 1.29 is 17.9 Å².